The van der Waals surface area contributed by atoms with Gasteiger partial charge in [-0.05, 0) is 39.5 Å². The number of nitrogens with zero attached hydrogens (tertiary/aromatic N) is 3. The van der Waals surface area contributed by atoms with E-state index < -0.39 is 0 Å². The van der Waals surface area contributed by atoms with E-state index in [0.717, 1.165) is 44.1 Å². The molecule has 32 heavy (non-hydrogen) atoms. The third-order valence-corrected chi connectivity index (χ3v) is 5.36. The summed E-state index contributed by atoms with van der Waals surface area (Å²) in [5.41, 5.74) is 4.75. The fourth-order valence-corrected chi connectivity index (χ4v) is 4.04. The normalized spacial score (nSPS) is 10.9. The number of fused-ring (bicyclic) bond motifs is 3. The van der Waals surface area contributed by atoms with Crippen molar-refractivity contribution >= 4 is 43.6 Å². The SMILES string of the molecule is [Ir].[c-]1ccc2oc3cccc4c5cccnc5c1c2c34.[c-]1ccccc1-c1ccncn1. The molecule has 7 aromatic rings. The van der Waals surface area contributed by atoms with Crippen molar-refractivity contribution in [3.8, 4) is 11.3 Å². The zero-order chi connectivity index (χ0) is 20.6. The number of furan rings is 1. The fraction of sp³-hybridized carbons (Fsp3) is 0. The van der Waals surface area contributed by atoms with Crippen molar-refractivity contribution in [2.75, 3.05) is 0 Å². The van der Waals surface area contributed by atoms with E-state index in [1.807, 2.05) is 66.9 Å². The molecule has 3 heterocycles. The molecule has 0 spiro atoms. The van der Waals surface area contributed by atoms with Gasteiger partial charge in [-0.1, -0.05) is 35.7 Å². The summed E-state index contributed by atoms with van der Waals surface area (Å²) >= 11 is 0. The average molecular weight is 590 g/mol. The molecule has 0 amide bonds. The summed E-state index contributed by atoms with van der Waals surface area (Å²) in [6.07, 6.45) is 5.09. The Morgan fingerprint density at radius 2 is 1.59 bits per heavy atom. The van der Waals surface area contributed by atoms with Gasteiger partial charge in [-0.3, -0.25) is 4.98 Å². The van der Waals surface area contributed by atoms with Crippen LogP contribution >= 0.6 is 0 Å². The Bertz CT molecular complexity index is 1510. The summed E-state index contributed by atoms with van der Waals surface area (Å²) in [7, 11) is 0. The van der Waals surface area contributed by atoms with E-state index in [1.54, 1.807) is 6.20 Å². The predicted molar refractivity (Wildman–Crippen MR) is 123 cm³/mol. The number of benzene rings is 4. The number of pyridine rings is 1. The minimum Gasteiger partial charge on any atom is -0.476 e. The molecule has 0 aliphatic rings. The molecule has 7 rings (SSSR count). The van der Waals surface area contributed by atoms with Crippen LogP contribution < -0.4 is 0 Å². The topological polar surface area (TPSA) is 51.8 Å². The summed E-state index contributed by atoms with van der Waals surface area (Å²) in [5, 5.41) is 5.73. The second-order valence-electron chi connectivity index (χ2n) is 7.14. The molecule has 155 valence electrons. The van der Waals surface area contributed by atoms with E-state index in [0.29, 0.717) is 0 Å². The molecule has 0 aliphatic carbocycles. The van der Waals surface area contributed by atoms with E-state index >= 15 is 0 Å². The summed E-state index contributed by atoms with van der Waals surface area (Å²) in [4.78, 5) is 12.5. The smallest absolute Gasteiger partial charge is 0.124 e. The molecule has 4 nitrogen and oxygen atoms in total. The van der Waals surface area contributed by atoms with Gasteiger partial charge in [0.15, 0.2) is 0 Å². The largest absolute Gasteiger partial charge is 0.476 e. The van der Waals surface area contributed by atoms with E-state index in [9.17, 15) is 0 Å². The summed E-state index contributed by atoms with van der Waals surface area (Å²) in [6.45, 7) is 0. The Morgan fingerprint density at radius 1 is 0.688 bits per heavy atom. The van der Waals surface area contributed by atoms with Crippen LogP contribution in [0.2, 0.25) is 0 Å². The number of rotatable bonds is 1. The van der Waals surface area contributed by atoms with Crippen LogP contribution in [0.15, 0.2) is 95.9 Å². The Morgan fingerprint density at radius 3 is 2.44 bits per heavy atom. The maximum Gasteiger partial charge on any atom is 0.124 e. The molecule has 0 bridgehead atoms. The molecule has 0 fully saturated rings. The predicted octanol–water partition coefficient (Wildman–Crippen LogP) is 6.47. The van der Waals surface area contributed by atoms with Gasteiger partial charge in [0.1, 0.15) is 11.9 Å². The first-order valence-corrected chi connectivity index (χ1v) is 9.95. The third kappa shape index (κ3) is 3.32. The fourth-order valence-electron chi connectivity index (χ4n) is 4.04. The molecule has 0 atom stereocenters. The van der Waals surface area contributed by atoms with Gasteiger partial charge in [0.2, 0.25) is 0 Å². The monoisotopic (exact) mass is 590 g/mol. The summed E-state index contributed by atoms with van der Waals surface area (Å²) < 4.78 is 5.94. The van der Waals surface area contributed by atoms with Crippen molar-refractivity contribution in [2.24, 2.45) is 0 Å². The van der Waals surface area contributed by atoms with Gasteiger partial charge in [0, 0.05) is 32.5 Å². The Hall–Kier alpha value is -3.66. The van der Waals surface area contributed by atoms with Crippen LogP contribution in [0.25, 0.3) is 54.9 Å². The molecule has 0 saturated carbocycles. The maximum atomic E-state index is 5.94. The van der Waals surface area contributed by atoms with Gasteiger partial charge >= 0.3 is 0 Å². The molecule has 0 N–H and O–H groups in total. The van der Waals surface area contributed by atoms with Crippen LogP contribution in [0.5, 0.6) is 0 Å². The van der Waals surface area contributed by atoms with Crippen molar-refractivity contribution in [1.82, 2.24) is 15.0 Å². The van der Waals surface area contributed by atoms with Gasteiger partial charge < -0.3 is 9.40 Å². The van der Waals surface area contributed by atoms with Crippen molar-refractivity contribution in [1.29, 1.82) is 0 Å². The minimum atomic E-state index is 0. The van der Waals surface area contributed by atoms with Crippen molar-refractivity contribution in [3.63, 3.8) is 0 Å². The molecule has 0 aliphatic heterocycles. The van der Waals surface area contributed by atoms with E-state index in [4.69, 9.17) is 4.42 Å². The van der Waals surface area contributed by atoms with Crippen molar-refractivity contribution in [3.05, 3.63) is 104 Å². The molecule has 5 heteroatoms. The third-order valence-electron chi connectivity index (χ3n) is 5.36. The Kier molecular flexibility index (Phi) is 5.36. The molecular weight excluding hydrogens is 575 g/mol. The van der Waals surface area contributed by atoms with Crippen LogP contribution in [0, 0.1) is 12.1 Å². The van der Waals surface area contributed by atoms with Crippen LogP contribution in [0.1, 0.15) is 0 Å². The average Bonchev–Trinajstić information content (AvgIpc) is 3.25. The Labute approximate surface area is 197 Å². The molecule has 0 saturated heterocycles. The van der Waals surface area contributed by atoms with Crippen LogP contribution in [-0.4, -0.2) is 15.0 Å². The second-order valence-corrected chi connectivity index (χ2v) is 7.14. The number of hydrogen-bond acceptors (Lipinski definition) is 4. The van der Waals surface area contributed by atoms with Crippen molar-refractivity contribution < 1.29 is 24.5 Å². The molecule has 0 unspecified atom stereocenters. The van der Waals surface area contributed by atoms with E-state index in [2.05, 4.69) is 39.2 Å². The van der Waals surface area contributed by atoms with Crippen LogP contribution in [0.4, 0.5) is 0 Å². The molecule has 3 aromatic heterocycles. The standard InChI is InChI=1S/C17H8NO.C10H7N2.Ir/c1-4-10-11-6-3-9-18-17(11)12-5-2-8-14-16(12)15(10)13(7-1)19-14;1-2-4-9(5-3-1)10-6-7-11-8-12-10;/h1-4,6-9H;1-4,6-8H;/q2*-1;. The van der Waals surface area contributed by atoms with Gasteiger partial charge in [0.05, 0.1) is 5.58 Å². The summed E-state index contributed by atoms with van der Waals surface area (Å²) in [6, 6.07) is 30.2. The number of hydrogen-bond donors (Lipinski definition) is 0. The molecular formula is C27H15IrN3O-2. The second kappa shape index (κ2) is 8.46. The molecule has 1 radical (unpaired) electrons. The zero-order valence-electron chi connectivity index (χ0n) is 16.7. The van der Waals surface area contributed by atoms with Gasteiger partial charge in [0.25, 0.3) is 0 Å². The quantitative estimate of drug-likeness (QED) is 0.163. The first-order chi connectivity index (χ1) is 15.4. The van der Waals surface area contributed by atoms with Gasteiger partial charge in [-0.15, -0.1) is 53.4 Å². The Balaban J connectivity index is 0.000000145. The van der Waals surface area contributed by atoms with E-state index in [1.165, 1.54) is 17.1 Å². The first-order valence-electron chi connectivity index (χ1n) is 9.95. The van der Waals surface area contributed by atoms with Crippen molar-refractivity contribution in [2.45, 2.75) is 0 Å². The summed E-state index contributed by atoms with van der Waals surface area (Å²) in [5.74, 6) is 0. The first kappa shape index (κ1) is 20.3. The zero-order valence-corrected chi connectivity index (χ0v) is 19.1. The number of aromatic nitrogens is 3. The molecule has 4 aromatic carbocycles. The van der Waals surface area contributed by atoms with E-state index in [-0.39, 0.29) is 20.1 Å². The van der Waals surface area contributed by atoms with Gasteiger partial charge in [-0.25, -0.2) is 4.98 Å². The minimum absolute atomic E-state index is 0. The van der Waals surface area contributed by atoms with Crippen LogP contribution in [0.3, 0.4) is 0 Å². The van der Waals surface area contributed by atoms with Gasteiger partial charge in [-0.2, -0.15) is 0 Å². The van der Waals surface area contributed by atoms with Crippen LogP contribution in [-0.2, 0) is 20.1 Å². The maximum absolute atomic E-state index is 5.94.